The predicted octanol–water partition coefficient (Wildman–Crippen LogP) is 1.49. The number of ether oxygens (including phenoxy) is 1. The smallest absolute Gasteiger partial charge is 0.251 e. The summed E-state index contributed by atoms with van der Waals surface area (Å²) in [5.74, 6) is 0.423. The summed E-state index contributed by atoms with van der Waals surface area (Å²) in [7, 11) is 4.12. The molecule has 7 nitrogen and oxygen atoms in total. The van der Waals surface area contributed by atoms with Crippen molar-refractivity contribution >= 4 is 16.9 Å². The number of carbonyl (C=O) groups excluding carboxylic acids is 1. The zero-order valence-electron chi connectivity index (χ0n) is 15.6. The number of fused-ring (bicyclic) bond motifs is 1. The Morgan fingerprint density at radius 1 is 1.38 bits per heavy atom. The van der Waals surface area contributed by atoms with E-state index in [0.29, 0.717) is 6.61 Å². The van der Waals surface area contributed by atoms with Crippen LogP contribution in [0.15, 0.2) is 18.3 Å². The summed E-state index contributed by atoms with van der Waals surface area (Å²) < 4.78 is 7.58. The van der Waals surface area contributed by atoms with Gasteiger partial charge in [0.05, 0.1) is 12.2 Å². The number of hydrogen-bond donors (Lipinski definition) is 0. The summed E-state index contributed by atoms with van der Waals surface area (Å²) in [6.07, 6.45) is 4.38. The third-order valence-corrected chi connectivity index (χ3v) is 5.39. The van der Waals surface area contributed by atoms with Gasteiger partial charge in [0.25, 0.3) is 5.91 Å². The van der Waals surface area contributed by atoms with Crippen LogP contribution in [-0.4, -0.2) is 76.9 Å². The first kappa shape index (κ1) is 17.4. The average molecular weight is 357 g/mol. The van der Waals surface area contributed by atoms with E-state index in [0.717, 1.165) is 62.2 Å². The predicted molar refractivity (Wildman–Crippen MR) is 99.0 cm³/mol. The molecule has 2 aliphatic rings. The summed E-state index contributed by atoms with van der Waals surface area (Å²) in [5.41, 5.74) is 2.02. The lowest BCUT2D eigenvalue weighted by Crippen LogP contribution is -2.37. The molecule has 140 valence electrons. The van der Waals surface area contributed by atoms with E-state index in [9.17, 15) is 4.79 Å². The number of hydrogen-bond acceptors (Lipinski definition) is 5. The summed E-state index contributed by atoms with van der Waals surface area (Å²) >= 11 is 0. The van der Waals surface area contributed by atoms with Crippen molar-refractivity contribution in [3.8, 4) is 0 Å². The molecule has 4 heterocycles. The second-order valence-corrected chi connectivity index (χ2v) is 7.56. The van der Waals surface area contributed by atoms with Crippen LogP contribution in [0.2, 0.25) is 0 Å². The summed E-state index contributed by atoms with van der Waals surface area (Å²) in [5, 5.41) is 6.01. The zero-order chi connectivity index (χ0) is 18.1. The lowest BCUT2D eigenvalue weighted by Gasteiger charge is -2.19. The molecule has 2 unspecified atom stereocenters. The molecule has 4 rings (SSSR count). The molecule has 2 saturated heterocycles. The van der Waals surface area contributed by atoms with Crippen LogP contribution < -0.4 is 0 Å². The van der Waals surface area contributed by atoms with Crippen LogP contribution in [0.1, 0.15) is 30.9 Å². The molecule has 7 heteroatoms. The van der Waals surface area contributed by atoms with Crippen molar-refractivity contribution in [1.29, 1.82) is 0 Å². The molecule has 2 fully saturated rings. The average Bonchev–Trinajstić information content (AvgIpc) is 3.38. The van der Waals surface area contributed by atoms with Crippen molar-refractivity contribution < 1.29 is 9.53 Å². The molecule has 2 aromatic heterocycles. The Morgan fingerprint density at radius 2 is 2.27 bits per heavy atom. The molecule has 0 radical (unpaired) electrons. The first-order valence-electron chi connectivity index (χ1n) is 9.50. The van der Waals surface area contributed by atoms with Crippen molar-refractivity contribution in [3.63, 3.8) is 0 Å². The lowest BCUT2D eigenvalue weighted by molar-refractivity contribution is -0.139. The second-order valence-electron chi connectivity index (χ2n) is 7.56. The highest BCUT2D eigenvalue weighted by molar-refractivity contribution is 5.82. The minimum atomic E-state index is -0.232. The highest BCUT2D eigenvalue weighted by Crippen LogP contribution is 2.32. The SMILES string of the molecule is CN(C)CCn1nc(C2CCN(C(=O)C3CCCO3)C2)c2cccnc21. The number of rotatable bonds is 5. The highest BCUT2D eigenvalue weighted by atomic mass is 16.5. The number of aromatic nitrogens is 3. The van der Waals surface area contributed by atoms with Crippen molar-refractivity contribution in [2.24, 2.45) is 0 Å². The molecule has 0 N–H and O–H groups in total. The van der Waals surface area contributed by atoms with E-state index in [1.165, 1.54) is 0 Å². The van der Waals surface area contributed by atoms with Gasteiger partial charge in [-0.25, -0.2) is 9.67 Å². The van der Waals surface area contributed by atoms with E-state index in [4.69, 9.17) is 9.84 Å². The topological polar surface area (TPSA) is 63.5 Å². The van der Waals surface area contributed by atoms with Gasteiger partial charge >= 0.3 is 0 Å². The van der Waals surface area contributed by atoms with Gasteiger partial charge in [0.15, 0.2) is 5.65 Å². The highest BCUT2D eigenvalue weighted by Gasteiger charge is 2.35. The minimum Gasteiger partial charge on any atom is -0.368 e. The van der Waals surface area contributed by atoms with E-state index in [-0.39, 0.29) is 17.9 Å². The van der Waals surface area contributed by atoms with E-state index < -0.39 is 0 Å². The van der Waals surface area contributed by atoms with Gasteiger partial charge in [0.1, 0.15) is 6.10 Å². The van der Waals surface area contributed by atoms with Crippen LogP contribution in [0.3, 0.4) is 0 Å². The molecule has 0 spiro atoms. The van der Waals surface area contributed by atoms with E-state index in [2.05, 4.69) is 30.0 Å². The molecule has 2 aromatic rings. The molecule has 0 aromatic carbocycles. The van der Waals surface area contributed by atoms with Crippen LogP contribution >= 0.6 is 0 Å². The maximum absolute atomic E-state index is 12.6. The molecular formula is C19H27N5O2. The van der Waals surface area contributed by atoms with Crippen LogP contribution in [0, 0.1) is 0 Å². The maximum atomic E-state index is 12.6. The normalized spacial score (nSPS) is 23.4. The van der Waals surface area contributed by atoms with Gasteiger partial charge in [-0.15, -0.1) is 0 Å². The largest absolute Gasteiger partial charge is 0.368 e. The third-order valence-electron chi connectivity index (χ3n) is 5.39. The molecule has 0 saturated carbocycles. The fraction of sp³-hybridized carbons (Fsp3) is 0.632. The fourth-order valence-corrected chi connectivity index (χ4v) is 3.95. The third kappa shape index (κ3) is 3.33. The van der Waals surface area contributed by atoms with Gasteiger partial charge < -0.3 is 14.5 Å². The van der Waals surface area contributed by atoms with Gasteiger partial charge in [0.2, 0.25) is 0 Å². The minimum absolute atomic E-state index is 0.152. The number of nitrogens with zero attached hydrogens (tertiary/aromatic N) is 5. The number of likely N-dealkylation sites (tertiary alicyclic amines) is 1. The first-order valence-corrected chi connectivity index (χ1v) is 9.50. The molecular weight excluding hydrogens is 330 g/mol. The lowest BCUT2D eigenvalue weighted by atomic mass is 10.0. The quantitative estimate of drug-likeness (QED) is 0.811. The second kappa shape index (κ2) is 7.32. The Labute approximate surface area is 153 Å². The van der Waals surface area contributed by atoms with Crippen molar-refractivity contribution in [2.45, 2.75) is 37.8 Å². The van der Waals surface area contributed by atoms with Crippen molar-refractivity contribution in [2.75, 3.05) is 40.3 Å². The Morgan fingerprint density at radius 3 is 3.04 bits per heavy atom. The summed E-state index contributed by atoms with van der Waals surface area (Å²) in [6.45, 7) is 3.95. The van der Waals surface area contributed by atoms with Gasteiger partial charge in [-0.1, -0.05) is 0 Å². The number of likely N-dealkylation sites (N-methyl/N-ethyl adjacent to an activating group) is 1. The van der Waals surface area contributed by atoms with E-state index >= 15 is 0 Å². The summed E-state index contributed by atoms with van der Waals surface area (Å²) in [4.78, 5) is 21.3. The molecule has 2 aliphatic heterocycles. The number of pyridine rings is 1. The molecule has 0 aliphatic carbocycles. The zero-order valence-corrected chi connectivity index (χ0v) is 15.6. The number of amides is 1. The fourth-order valence-electron chi connectivity index (χ4n) is 3.95. The standard InChI is InChI=1S/C19H27N5O2/c1-22(2)10-11-24-18-15(5-3-8-20-18)17(21-24)14-7-9-23(13-14)19(25)16-6-4-12-26-16/h3,5,8,14,16H,4,6-7,9-13H2,1-2H3. The molecule has 26 heavy (non-hydrogen) atoms. The molecule has 2 atom stereocenters. The van der Waals surface area contributed by atoms with E-state index in [1.807, 2.05) is 21.8 Å². The Balaban J connectivity index is 1.54. The Kier molecular flexibility index (Phi) is 4.91. The molecule has 0 bridgehead atoms. The maximum Gasteiger partial charge on any atom is 0.251 e. The monoisotopic (exact) mass is 357 g/mol. The van der Waals surface area contributed by atoms with Crippen LogP contribution in [0.4, 0.5) is 0 Å². The Bertz CT molecular complexity index is 781. The van der Waals surface area contributed by atoms with Crippen LogP contribution in [0.25, 0.3) is 11.0 Å². The Hall–Kier alpha value is -1.99. The van der Waals surface area contributed by atoms with Gasteiger partial charge in [-0.05, 0) is 45.5 Å². The van der Waals surface area contributed by atoms with Crippen molar-refractivity contribution in [1.82, 2.24) is 24.6 Å². The van der Waals surface area contributed by atoms with E-state index in [1.54, 1.807) is 0 Å². The van der Waals surface area contributed by atoms with Crippen LogP contribution in [-0.2, 0) is 16.1 Å². The van der Waals surface area contributed by atoms with Gasteiger partial charge in [0, 0.05) is 43.7 Å². The van der Waals surface area contributed by atoms with Gasteiger partial charge in [-0.2, -0.15) is 5.10 Å². The summed E-state index contributed by atoms with van der Waals surface area (Å²) in [6, 6.07) is 4.06. The first-order chi connectivity index (χ1) is 12.6. The number of carbonyl (C=O) groups is 1. The van der Waals surface area contributed by atoms with Gasteiger partial charge in [-0.3, -0.25) is 4.79 Å². The van der Waals surface area contributed by atoms with Crippen molar-refractivity contribution in [3.05, 3.63) is 24.0 Å². The molecule has 1 amide bonds. The van der Waals surface area contributed by atoms with Crippen LogP contribution in [0.5, 0.6) is 0 Å².